The first-order chi connectivity index (χ1) is 6.38. The number of hydrogen-bond donors (Lipinski definition) is 2. The number of nitrogens with two attached hydrogens (primary N) is 1. The molecule has 0 aromatic rings. The van der Waals surface area contributed by atoms with Gasteiger partial charge in [-0.25, -0.2) is 0 Å². The van der Waals surface area contributed by atoms with E-state index in [9.17, 15) is 18.0 Å². The molecule has 1 aliphatic heterocycles. The number of nitrogens with one attached hydrogen (secondary N) is 1. The summed E-state index contributed by atoms with van der Waals surface area (Å²) in [5, 5.41) is 2.81. The minimum atomic E-state index is -4.73. The molecule has 7 heteroatoms. The molecule has 3 nitrogen and oxygen atoms in total. The van der Waals surface area contributed by atoms with Crippen LogP contribution in [0.15, 0.2) is 0 Å². The van der Waals surface area contributed by atoms with Gasteiger partial charge in [0.05, 0.1) is 0 Å². The van der Waals surface area contributed by atoms with Gasteiger partial charge in [0.25, 0.3) is 0 Å². The number of hydrogen-bond acceptors (Lipinski definition) is 3. The van der Waals surface area contributed by atoms with E-state index >= 15 is 0 Å². The Morgan fingerprint density at radius 2 is 2.00 bits per heavy atom. The number of Topliss-reactive ketones (excluding diaryl/α,β-unsaturated/α-hetero) is 1. The monoisotopic (exact) mass is 244 g/mol. The summed E-state index contributed by atoms with van der Waals surface area (Å²) in [4.78, 5) is 11.0. The van der Waals surface area contributed by atoms with E-state index in [1.165, 1.54) is 0 Å². The second kappa shape index (κ2) is 3.61. The van der Waals surface area contributed by atoms with Gasteiger partial charge in [0, 0.05) is 30.5 Å². The quantitative estimate of drug-likeness (QED) is 0.705. The van der Waals surface area contributed by atoms with Crippen molar-refractivity contribution in [2.24, 2.45) is 17.1 Å². The van der Waals surface area contributed by atoms with Gasteiger partial charge in [-0.3, -0.25) is 4.79 Å². The van der Waals surface area contributed by atoms with Crippen LogP contribution in [-0.2, 0) is 4.79 Å². The van der Waals surface area contributed by atoms with E-state index in [-0.39, 0.29) is 25.0 Å². The number of rotatable bonds is 1. The molecule has 0 aromatic heterocycles. The summed E-state index contributed by atoms with van der Waals surface area (Å²) in [6.45, 7) is 0.534. The van der Waals surface area contributed by atoms with Crippen molar-refractivity contribution in [3.8, 4) is 0 Å². The van der Waals surface area contributed by atoms with Gasteiger partial charge < -0.3 is 11.1 Å². The van der Waals surface area contributed by atoms with Crippen LogP contribution in [0.2, 0.25) is 0 Å². The molecule has 0 amide bonds. The van der Waals surface area contributed by atoms with Crippen LogP contribution in [0.4, 0.5) is 13.2 Å². The standard InChI is InChI=1S/C8H11F3N2O.ClH/c9-8(10,11)6(14)4-2-13-3-7(4)1-5(7)12;/h4-5,13H,1-3,12H2;1H/t4?,5-,7?;/m0./s1. The lowest BCUT2D eigenvalue weighted by atomic mass is 9.88. The summed E-state index contributed by atoms with van der Waals surface area (Å²) in [7, 11) is 0. The third-order valence-electron chi connectivity index (χ3n) is 3.27. The fraction of sp³-hybridized carbons (Fsp3) is 0.875. The molecule has 1 aliphatic carbocycles. The molecule has 0 bridgehead atoms. The van der Waals surface area contributed by atoms with Gasteiger partial charge in [0.2, 0.25) is 5.78 Å². The number of carbonyl (C=O) groups is 1. The van der Waals surface area contributed by atoms with Gasteiger partial charge in [0.1, 0.15) is 0 Å². The molecule has 1 saturated carbocycles. The van der Waals surface area contributed by atoms with E-state index in [4.69, 9.17) is 5.73 Å². The van der Waals surface area contributed by atoms with Crippen molar-refractivity contribution in [3.63, 3.8) is 0 Å². The lowest BCUT2D eigenvalue weighted by Crippen LogP contribution is -2.37. The number of alkyl halides is 3. The molecular formula is C8H12ClF3N2O. The summed E-state index contributed by atoms with van der Waals surface area (Å²) in [6.07, 6.45) is -4.21. The third-order valence-corrected chi connectivity index (χ3v) is 3.27. The van der Waals surface area contributed by atoms with Crippen molar-refractivity contribution in [1.29, 1.82) is 0 Å². The van der Waals surface area contributed by atoms with Crippen LogP contribution < -0.4 is 11.1 Å². The second-order valence-corrected chi connectivity index (χ2v) is 4.09. The molecule has 0 aromatic carbocycles. The first-order valence-corrected chi connectivity index (χ1v) is 4.45. The molecule has 2 fully saturated rings. The molecule has 1 saturated heterocycles. The summed E-state index contributed by atoms with van der Waals surface area (Å²) < 4.78 is 36.5. The highest BCUT2D eigenvalue weighted by Crippen LogP contribution is 2.54. The predicted molar refractivity (Wildman–Crippen MR) is 49.7 cm³/mol. The summed E-state index contributed by atoms with van der Waals surface area (Å²) in [6, 6.07) is -0.256. The molecule has 3 atom stereocenters. The normalized spacial score (nSPS) is 38.9. The SMILES string of the molecule is Cl.N[C@H]1CC12CNCC2C(=O)C(F)(F)F. The van der Waals surface area contributed by atoms with Gasteiger partial charge in [0.15, 0.2) is 0 Å². The van der Waals surface area contributed by atoms with E-state index in [2.05, 4.69) is 5.32 Å². The van der Waals surface area contributed by atoms with Crippen LogP contribution in [0, 0.1) is 11.3 Å². The smallest absolute Gasteiger partial charge is 0.327 e. The Kier molecular flexibility index (Phi) is 3.06. The Bertz CT molecular complexity index is 284. The van der Waals surface area contributed by atoms with Gasteiger partial charge in [-0.1, -0.05) is 0 Å². The highest BCUT2D eigenvalue weighted by Gasteiger charge is 2.64. The Morgan fingerprint density at radius 1 is 1.47 bits per heavy atom. The average Bonchev–Trinajstić information content (AvgIpc) is 2.55. The minimum Gasteiger partial charge on any atom is -0.327 e. The van der Waals surface area contributed by atoms with Crippen molar-refractivity contribution in [2.75, 3.05) is 13.1 Å². The molecule has 88 valence electrons. The van der Waals surface area contributed by atoms with Crippen molar-refractivity contribution in [1.82, 2.24) is 5.32 Å². The second-order valence-electron chi connectivity index (χ2n) is 4.09. The van der Waals surface area contributed by atoms with Crippen molar-refractivity contribution < 1.29 is 18.0 Å². The lowest BCUT2D eigenvalue weighted by molar-refractivity contribution is -0.176. The minimum absolute atomic E-state index is 0. The van der Waals surface area contributed by atoms with E-state index < -0.39 is 23.3 Å². The molecule has 3 N–H and O–H groups in total. The molecule has 15 heavy (non-hydrogen) atoms. The highest BCUT2D eigenvalue weighted by atomic mass is 35.5. The first kappa shape index (κ1) is 12.7. The van der Waals surface area contributed by atoms with Gasteiger partial charge in [-0.2, -0.15) is 13.2 Å². The van der Waals surface area contributed by atoms with Crippen molar-refractivity contribution in [2.45, 2.75) is 18.6 Å². The van der Waals surface area contributed by atoms with Crippen molar-refractivity contribution >= 4 is 18.2 Å². The van der Waals surface area contributed by atoms with Gasteiger partial charge in [-0.05, 0) is 6.42 Å². The first-order valence-electron chi connectivity index (χ1n) is 4.45. The molecule has 1 spiro atoms. The zero-order valence-corrected chi connectivity index (χ0v) is 8.62. The molecule has 0 radical (unpaired) electrons. The molecule has 2 rings (SSSR count). The van der Waals surface area contributed by atoms with Crippen LogP contribution >= 0.6 is 12.4 Å². The number of ketones is 1. The topological polar surface area (TPSA) is 55.1 Å². The summed E-state index contributed by atoms with van der Waals surface area (Å²) in [5.74, 6) is -2.60. The number of halogens is 4. The fourth-order valence-corrected chi connectivity index (χ4v) is 2.28. The lowest BCUT2D eigenvalue weighted by Gasteiger charge is -2.17. The van der Waals surface area contributed by atoms with E-state index in [0.29, 0.717) is 13.0 Å². The van der Waals surface area contributed by atoms with E-state index in [1.807, 2.05) is 0 Å². The summed E-state index contributed by atoms with van der Waals surface area (Å²) in [5.41, 5.74) is 4.97. The average molecular weight is 245 g/mol. The molecule has 1 heterocycles. The zero-order chi connectivity index (χ0) is 10.6. The Morgan fingerprint density at radius 3 is 2.40 bits per heavy atom. The predicted octanol–water partition coefficient (Wildman–Crippen LogP) is 0.476. The fourth-order valence-electron chi connectivity index (χ4n) is 2.28. The Balaban J connectivity index is 0.00000112. The molecule has 2 unspecified atom stereocenters. The van der Waals surface area contributed by atoms with Gasteiger partial charge in [-0.15, -0.1) is 12.4 Å². The third kappa shape index (κ3) is 1.86. The van der Waals surface area contributed by atoms with Gasteiger partial charge >= 0.3 is 6.18 Å². The maximum Gasteiger partial charge on any atom is 0.450 e. The summed E-state index contributed by atoms with van der Waals surface area (Å²) >= 11 is 0. The highest BCUT2D eigenvalue weighted by molar-refractivity contribution is 5.88. The van der Waals surface area contributed by atoms with Crippen LogP contribution in [-0.4, -0.2) is 31.1 Å². The molecular weight excluding hydrogens is 233 g/mol. The Labute approximate surface area is 91.0 Å². The van der Waals surface area contributed by atoms with Crippen LogP contribution in [0.25, 0.3) is 0 Å². The van der Waals surface area contributed by atoms with E-state index in [1.54, 1.807) is 0 Å². The number of carbonyl (C=O) groups excluding carboxylic acids is 1. The van der Waals surface area contributed by atoms with Crippen molar-refractivity contribution in [3.05, 3.63) is 0 Å². The Hall–Kier alpha value is -0.330. The zero-order valence-electron chi connectivity index (χ0n) is 7.80. The van der Waals surface area contributed by atoms with Crippen LogP contribution in [0.5, 0.6) is 0 Å². The van der Waals surface area contributed by atoms with E-state index in [0.717, 1.165) is 0 Å². The maximum absolute atomic E-state index is 12.2. The van der Waals surface area contributed by atoms with Crippen LogP contribution in [0.1, 0.15) is 6.42 Å². The molecule has 2 aliphatic rings. The largest absolute Gasteiger partial charge is 0.450 e. The van der Waals surface area contributed by atoms with Crippen LogP contribution in [0.3, 0.4) is 0 Å². The maximum atomic E-state index is 12.2.